The van der Waals surface area contributed by atoms with Crippen molar-refractivity contribution in [1.29, 1.82) is 0 Å². The summed E-state index contributed by atoms with van der Waals surface area (Å²) in [6.07, 6.45) is 1.88. The number of anilines is 1. The van der Waals surface area contributed by atoms with Crippen LogP contribution in [0.25, 0.3) is 6.08 Å². The first-order valence-electron chi connectivity index (χ1n) is 8.40. The molecule has 0 fully saturated rings. The van der Waals surface area contributed by atoms with E-state index in [0.29, 0.717) is 16.5 Å². The first kappa shape index (κ1) is 20.5. The van der Waals surface area contributed by atoms with E-state index < -0.39 is 18.0 Å². The number of amides is 1. The molecule has 0 radical (unpaired) electrons. The minimum absolute atomic E-state index is 0.445. The van der Waals surface area contributed by atoms with Crippen molar-refractivity contribution in [3.05, 3.63) is 64.2 Å². The van der Waals surface area contributed by atoms with E-state index >= 15 is 0 Å². The highest BCUT2D eigenvalue weighted by molar-refractivity contribution is 6.31. The molecule has 1 atom stereocenters. The molecule has 0 aliphatic rings. The number of nitrogens with one attached hydrogen (secondary N) is 1. The minimum Gasteiger partial charge on any atom is -0.495 e. The molecule has 0 bridgehead atoms. The fourth-order valence-electron chi connectivity index (χ4n) is 2.30. The van der Waals surface area contributed by atoms with E-state index in [-0.39, 0.29) is 0 Å². The zero-order valence-electron chi connectivity index (χ0n) is 15.7. The largest absolute Gasteiger partial charge is 0.495 e. The van der Waals surface area contributed by atoms with E-state index in [1.165, 1.54) is 20.1 Å². The Labute approximate surface area is 163 Å². The zero-order valence-corrected chi connectivity index (χ0v) is 16.5. The van der Waals surface area contributed by atoms with E-state index in [9.17, 15) is 9.59 Å². The molecule has 142 valence electrons. The molecule has 2 aromatic carbocycles. The van der Waals surface area contributed by atoms with Gasteiger partial charge in [-0.2, -0.15) is 0 Å². The SMILES string of the molecule is COc1ccc(C)cc1NC(=O)[C@H](C)OC(=O)/C=C/c1ccc(C)c(Cl)c1. The fourth-order valence-corrected chi connectivity index (χ4v) is 2.49. The quantitative estimate of drug-likeness (QED) is 0.583. The second kappa shape index (κ2) is 9.24. The highest BCUT2D eigenvalue weighted by atomic mass is 35.5. The maximum Gasteiger partial charge on any atom is 0.331 e. The Bertz CT molecular complexity index is 876. The highest BCUT2D eigenvalue weighted by Gasteiger charge is 2.18. The number of aryl methyl sites for hydroxylation is 2. The summed E-state index contributed by atoms with van der Waals surface area (Å²) in [6.45, 7) is 5.31. The van der Waals surface area contributed by atoms with Gasteiger partial charge in [-0.3, -0.25) is 4.79 Å². The smallest absolute Gasteiger partial charge is 0.331 e. The first-order chi connectivity index (χ1) is 12.8. The molecule has 0 aromatic heterocycles. The summed E-state index contributed by atoms with van der Waals surface area (Å²) >= 11 is 6.05. The van der Waals surface area contributed by atoms with Crippen molar-refractivity contribution in [2.24, 2.45) is 0 Å². The molecule has 0 saturated carbocycles. The number of hydrogen-bond donors (Lipinski definition) is 1. The van der Waals surface area contributed by atoms with Crippen molar-refractivity contribution < 1.29 is 19.1 Å². The Morgan fingerprint density at radius 2 is 1.89 bits per heavy atom. The molecule has 0 aliphatic heterocycles. The summed E-state index contributed by atoms with van der Waals surface area (Å²) < 4.78 is 10.4. The molecule has 0 unspecified atom stereocenters. The number of ether oxygens (including phenoxy) is 2. The maximum atomic E-state index is 12.3. The predicted molar refractivity (Wildman–Crippen MR) is 107 cm³/mol. The topological polar surface area (TPSA) is 64.6 Å². The van der Waals surface area contributed by atoms with Crippen molar-refractivity contribution in [2.75, 3.05) is 12.4 Å². The molecule has 0 aliphatic carbocycles. The van der Waals surface area contributed by atoms with Gasteiger partial charge in [0.25, 0.3) is 5.91 Å². The molecule has 0 heterocycles. The van der Waals surface area contributed by atoms with Crippen LogP contribution in [0.4, 0.5) is 5.69 Å². The van der Waals surface area contributed by atoms with Crippen molar-refractivity contribution >= 4 is 35.2 Å². The Kier molecular flexibility index (Phi) is 7.02. The zero-order chi connectivity index (χ0) is 20.0. The van der Waals surface area contributed by atoms with Crippen molar-refractivity contribution in [1.82, 2.24) is 0 Å². The van der Waals surface area contributed by atoms with Gasteiger partial charge in [-0.05, 0) is 61.7 Å². The normalized spacial score (nSPS) is 11.9. The van der Waals surface area contributed by atoms with Gasteiger partial charge >= 0.3 is 5.97 Å². The number of hydrogen-bond acceptors (Lipinski definition) is 4. The number of halogens is 1. The lowest BCUT2D eigenvalue weighted by Crippen LogP contribution is -2.29. The average molecular weight is 388 g/mol. The maximum absolute atomic E-state index is 12.3. The van der Waals surface area contributed by atoms with Crippen molar-refractivity contribution in [3.63, 3.8) is 0 Å². The Hall–Kier alpha value is -2.79. The van der Waals surface area contributed by atoms with Crippen molar-refractivity contribution in [2.45, 2.75) is 26.9 Å². The summed E-state index contributed by atoms with van der Waals surface area (Å²) in [5, 5.41) is 3.33. The van der Waals surface area contributed by atoms with E-state index in [2.05, 4.69) is 5.32 Å². The van der Waals surface area contributed by atoms with Gasteiger partial charge in [0.1, 0.15) is 5.75 Å². The summed E-state index contributed by atoms with van der Waals surface area (Å²) in [6, 6.07) is 10.9. The molecule has 5 nitrogen and oxygen atoms in total. The van der Waals surface area contributed by atoms with Gasteiger partial charge in [-0.1, -0.05) is 29.8 Å². The van der Waals surface area contributed by atoms with Crippen LogP contribution in [-0.2, 0) is 14.3 Å². The van der Waals surface area contributed by atoms with E-state index in [1.807, 2.05) is 32.0 Å². The number of esters is 1. The molecular formula is C21H22ClNO4. The van der Waals surface area contributed by atoms with Crippen LogP contribution < -0.4 is 10.1 Å². The van der Waals surface area contributed by atoms with E-state index in [4.69, 9.17) is 21.1 Å². The van der Waals surface area contributed by atoms with Crippen LogP contribution in [0.1, 0.15) is 23.6 Å². The molecule has 27 heavy (non-hydrogen) atoms. The predicted octanol–water partition coefficient (Wildman–Crippen LogP) is 4.55. The Morgan fingerprint density at radius 3 is 2.56 bits per heavy atom. The summed E-state index contributed by atoms with van der Waals surface area (Å²) in [4.78, 5) is 24.3. The van der Waals surface area contributed by atoms with Crippen LogP contribution in [0.15, 0.2) is 42.5 Å². The van der Waals surface area contributed by atoms with Crippen LogP contribution in [0, 0.1) is 13.8 Å². The lowest BCUT2D eigenvalue weighted by atomic mass is 10.1. The number of carbonyl (C=O) groups is 2. The molecule has 2 aromatic rings. The number of carbonyl (C=O) groups excluding carboxylic acids is 2. The summed E-state index contributed by atoms with van der Waals surface area (Å²) in [5.74, 6) is -0.534. The van der Waals surface area contributed by atoms with E-state index in [0.717, 1.165) is 16.7 Å². The molecular weight excluding hydrogens is 366 g/mol. The Morgan fingerprint density at radius 1 is 1.15 bits per heavy atom. The molecule has 6 heteroatoms. The Balaban J connectivity index is 1.97. The van der Waals surface area contributed by atoms with Gasteiger partial charge in [0.05, 0.1) is 12.8 Å². The first-order valence-corrected chi connectivity index (χ1v) is 8.78. The number of benzene rings is 2. The molecule has 0 saturated heterocycles. The molecule has 1 N–H and O–H groups in total. The second-order valence-corrected chi connectivity index (χ2v) is 6.52. The van der Waals surface area contributed by atoms with E-state index in [1.54, 1.807) is 24.3 Å². The van der Waals surface area contributed by atoms with Crippen LogP contribution in [0.2, 0.25) is 5.02 Å². The van der Waals surface area contributed by atoms with Gasteiger partial charge in [-0.25, -0.2) is 4.79 Å². The third-order valence-electron chi connectivity index (χ3n) is 3.88. The van der Waals surface area contributed by atoms with Crippen LogP contribution in [0.3, 0.4) is 0 Å². The summed E-state index contributed by atoms with van der Waals surface area (Å²) in [5.41, 5.74) is 3.21. The third kappa shape index (κ3) is 5.86. The number of rotatable bonds is 6. The average Bonchev–Trinajstić information content (AvgIpc) is 2.63. The van der Waals surface area contributed by atoms with Crippen LogP contribution in [0.5, 0.6) is 5.75 Å². The second-order valence-electron chi connectivity index (χ2n) is 6.11. The lowest BCUT2D eigenvalue weighted by molar-refractivity contribution is -0.148. The van der Waals surface area contributed by atoms with Crippen LogP contribution >= 0.6 is 11.6 Å². The van der Waals surface area contributed by atoms with Crippen LogP contribution in [-0.4, -0.2) is 25.1 Å². The summed E-state index contributed by atoms with van der Waals surface area (Å²) in [7, 11) is 1.52. The lowest BCUT2D eigenvalue weighted by Gasteiger charge is -2.15. The standard InChI is InChI=1S/C21H22ClNO4/c1-13-5-9-19(26-4)18(11-13)23-21(25)15(3)27-20(24)10-8-16-7-6-14(2)17(22)12-16/h5-12,15H,1-4H3,(H,23,25)/b10-8+/t15-/m0/s1. The highest BCUT2D eigenvalue weighted by Crippen LogP contribution is 2.25. The fraction of sp³-hybridized carbons (Fsp3) is 0.238. The van der Waals surface area contributed by atoms with Gasteiger partial charge in [0, 0.05) is 11.1 Å². The molecule has 1 amide bonds. The van der Waals surface area contributed by atoms with Gasteiger partial charge in [0.2, 0.25) is 0 Å². The van der Waals surface area contributed by atoms with Crippen molar-refractivity contribution in [3.8, 4) is 5.75 Å². The number of methoxy groups -OCH3 is 1. The third-order valence-corrected chi connectivity index (χ3v) is 4.29. The van der Waals surface area contributed by atoms with Gasteiger partial charge in [-0.15, -0.1) is 0 Å². The van der Waals surface area contributed by atoms with Gasteiger partial charge in [0.15, 0.2) is 6.10 Å². The minimum atomic E-state index is -0.964. The molecule has 2 rings (SSSR count). The van der Waals surface area contributed by atoms with Gasteiger partial charge < -0.3 is 14.8 Å². The molecule has 0 spiro atoms. The monoisotopic (exact) mass is 387 g/mol.